The van der Waals surface area contributed by atoms with Gasteiger partial charge in [0.2, 0.25) is 0 Å². The summed E-state index contributed by atoms with van der Waals surface area (Å²) in [6.45, 7) is 5.30. The van der Waals surface area contributed by atoms with Crippen LogP contribution in [0.4, 0.5) is 0 Å². The first-order valence-corrected chi connectivity index (χ1v) is 5.75. The first-order chi connectivity index (χ1) is 8.81. The predicted molar refractivity (Wildman–Crippen MR) is 70.5 cm³/mol. The van der Waals surface area contributed by atoms with Gasteiger partial charge in [-0.3, -0.25) is 0 Å². The lowest BCUT2D eigenvalue weighted by Gasteiger charge is -2.16. The van der Waals surface area contributed by atoms with E-state index in [4.69, 9.17) is 4.74 Å². The van der Waals surface area contributed by atoms with E-state index >= 15 is 0 Å². The zero-order valence-electron chi connectivity index (χ0n) is 11.4. The van der Waals surface area contributed by atoms with Crippen LogP contribution in [0.2, 0.25) is 0 Å². The molecule has 1 aromatic rings. The Bertz CT molecular complexity index is 541. The van der Waals surface area contributed by atoms with E-state index in [1.165, 1.54) is 7.11 Å². The number of carbonyl (C=O) groups is 2. The lowest BCUT2D eigenvalue weighted by molar-refractivity contribution is -0.147. The average molecular weight is 260 g/mol. The lowest BCUT2D eigenvalue weighted by atomic mass is 10.1. The van der Waals surface area contributed by atoms with Gasteiger partial charge in [0.05, 0.1) is 12.7 Å². The molecule has 0 aliphatic carbocycles. The summed E-state index contributed by atoms with van der Waals surface area (Å²) in [5, 5.41) is 0. The van der Waals surface area contributed by atoms with Crippen LogP contribution in [0.1, 0.15) is 36.7 Å². The molecule has 19 heavy (non-hydrogen) atoms. The molecule has 0 fully saturated rings. The summed E-state index contributed by atoms with van der Waals surface area (Å²) in [4.78, 5) is 22.7. The molecule has 0 aliphatic heterocycles. The summed E-state index contributed by atoms with van der Waals surface area (Å²) in [5.74, 6) is 3.99. The van der Waals surface area contributed by atoms with Crippen molar-refractivity contribution in [2.24, 2.45) is 0 Å². The maximum Gasteiger partial charge on any atom is 0.385 e. The highest BCUT2D eigenvalue weighted by Gasteiger charge is 2.14. The largest absolute Gasteiger partial charge is 0.465 e. The average Bonchev–Trinajstić information content (AvgIpc) is 2.34. The van der Waals surface area contributed by atoms with Crippen LogP contribution in [-0.4, -0.2) is 24.6 Å². The van der Waals surface area contributed by atoms with Crippen molar-refractivity contribution in [2.45, 2.75) is 26.4 Å². The van der Waals surface area contributed by atoms with Crippen molar-refractivity contribution < 1.29 is 19.1 Å². The van der Waals surface area contributed by atoms with Gasteiger partial charge >= 0.3 is 11.9 Å². The van der Waals surface area contributed by atoms with E-state index in [0.717, 1.165) is 0 Å². The third kappa shape index (κ3) is 5.26. The topological polar surface area (TPSA) is 52.6 Å². The summed E-state index contributed by atoms with van der Waals surface area (Å²) in [6.07, 6.45) is 0. The minimum atomic E-state index is -0.601. The monoisotopic (exact) mass is 260 g/mol. The number of hydrogen-bond acceptors (Lipinski definition) is 4. The summed E-state index contributed by atoms with van der Waals surface area (Å²) in [7, 11) is 1.31. The lowest BCUT2D eigenvalue weighted by Crippen LogP contribution is -2.22. The Balaban J connectivity index is 2.84. The number of methoxy groups -OCH3 is 1. The quantitative estimate of drug-likeness (QED) is 0.573. The fourth-order valence-corrected chi connectivity index (χ4v) is 1.27. The van der Waals surface area contributed by atoms with Crippen LogP contribution < -0.4 is 0 Å². The SMILES string of the molecule is COC(=O)c1cccc(C#CC(=O)OC(C)(C)C)c1. The Labute approximate surface area is 112 Å². The first kappa shape index (κ1) is 14.8. The van der Waals surface area contributed by atoms with Crippen LogP contribution in [0.25, 0.3) is 0 Å². The molecule has 0 unspecified atom stereocenters. The standard InChI is InChI=1S/C15H16O4/c1-15(2,3)19-13(16)9-8-11-6-5-7-12(10-11)14(17)18-4/h5-7,10H,1-4H3. The molecule has 0 aromatic heterocycles. The van der Waals surface area contributed by atoms with Crippen molar-refractivity contribution in [3.63, 3.8) is 0 Å². The highest BCUT2D eigenvalue weighted by atomic mass is 16.6. The van der Waals surface area contributed by atoms with Crippen molar-refractivity contribution in [2.75, 3.05) is 7.11 Å². The molecule has 0 heterocycles. The third-order valence-electron chi connectivity index (χ3n) is 1.99. The van der Waals surface area contributed by atoms with Crippen LogP contribution >= 0.6 is 0 Å². The predicted octanol–water partition coefficient (Wildman–Crippen LogP) is 2.17. The summed E-state index contributed by atoms with van der Waals surface area (Å²) in [5.41, 5.74) is 0.367. The second-order valence-electron chi connectivity index (χ2n) is 4.82. The fourth-order valence-electron chi connectivity index (χ4n) is 1.27. The van der Waals surface area contributed by atoms with Crippen molar-refractivity contribution in [3.8, 4) is 11.8 Å². The van der Waals surface area contributed by atoms with Crippen molar-refractivity contribution in [3.05, 3.63) is 35.4 Å². The van der Waals surface area contributed by atoms with Gasteiger partial charge in [0.1, 0.15) is 5.60 Å². The molecule has 100 valence electrons. The maximum absolute atomic E-state index is 11.4. The number of rotatable bonds is 1. The molecule has 0 atom stereocenters. The number of hydrogen-bond donors (Lipinski definition) is 0. The Kier molecular flexibility index (Phi) is 4.71. The Hall–Kier alpha value is -2.28. The van der Waals surface area contributed by atoms with E-state index in [9.17, 15) is 9.59 Å². The molecule has 0 saturated carbocycles. The number of benzene rings is 1. The van der Waals surface area contributed by atoms with Gasteiger partial charge in [-0.15, -0.1) is 0 Å². The highest BCUT2D eigenvalue weighted by Crippen LogP contribution is 2.07. The van der Waals surface area contributed by atoms with Gasteiger partial charge < -0.3 is 9.47 Å². The van der Waals surface area contributed by atoms with Gasteiger partial charge in [0.25, 0.3) is 0 Å². The van der Waals surface area contributed by atoms with Gasteiger partial charge in [-0.05, 0) is 39.0 Å². The normalized spacial score (nSPS) is 10.1. The molecule has 0 spiro atoms. The molecule has 0 saturated heterocycles. The zero-order valence-corrected chi connectivity index (χ0v) is 11.4. The Morgan fingerprint density at radius 2 is 1.89 bits per heavy atom. The molecule has 0 radical (unpaired) electrons. The molecule has 0 aliphatic rings. The van der Waals surface area contributed by atoms with Crippen molar-refractivity contribution in [1.82, 2.24) is 0 Å². The molecule has 0 bridgehead atoms. The highest BCUT2D eigenvalue weighted by molar-refractivity contribution is 5.91. The van der Waals surface area contributed by atoms with Crippen LogP contribution in [0.15, 0.2) is 24.3 Å². The Morgan fingerprint density at radius 1 is 1.21 bits per heavy atom. The van der Waals surface area contributed by atoms with Gasteiger partial charge in [0, 0.05) is 11.5 Å². The van der Waals surface area contributed by atoms with E-state index in [1.54, 1.807) is 45.0 Å². The second kappa shape index (κ2) is 6.05. The van der Waals surface area contributed by atoms with E-state index in [-0.39, 0.29) is 0 Å². The molecule has 4 nitrogen and oxygen atoms in total. The molecule has 0 amide bonds. The summed E-state index contributed by atoms with van der Waals surface area (Å²) < 4.78 is 9.66. The van der Waals surface area contributed by atoms with Crippen LogP contribution in [0.3, 0.4) is 0 Å². The van der Waals surface area contributed by atoms with E-state index in [0.29, 0.717) is 11.1 Å². The number of ether oxygens (including phenoxy) is 2. The smallest absolute Gasteiger partial charge is 0.385 e. The van der Waals surface area contributed by atoms with Gasteiger partial charge in [-0.25, -0.2) is 9.59 Å². The molecular weight excluding hydrogens is 244 g/mol. The van der Waals surface area contributed by atoms with E-state index < -0.39 is 17.5 Å². The van der Waals surface area contributed by atoms with E-state index in [2.05, 4.69) is 16.6 Å². The van der Waals surface area contributed by atoms with Crippen LogP contribution in [-0.2, 0) is 14.3 Å². The number of esters is 2. The van der Waals surface area contributed by atoms with E-state index in [1.807, 2.05) is 0 Å². The van der Waals surface area contributed by atoms with Crippen LogP contribution in [0, 0.1) is 11.8 Å². The third-order valence-corrected chi connectivity index (χ3v) is 1.99. The molecule has 0 N–H and O–H groups in total. The van der Waals surface area contributed by atoms with Gasteiger partial charge in [-0.2, -0.15) is 0 Å². The van der Waals surface area contributed by atoms with Crippen molar-refractivity contribution >= 4 is 11.9 Å². The molecular formula is C15H16O4. The maximum atomic E-state index is 11.4. The minimum Gasteiger partial charge on any atom is -0.465 e. The summed E-state index contributed by atoms with van der Waals surface area (Å²) in [6, 6.07) is 6.54. The van der Waals surface area contributed by atoms with Gasteiger partial charge in [0.15, 0.2) is 0 Å². The summed E-state index contributed by atoms with van der Waals surface area (Å²) >= 11 is 0. The zero-order chi connectivity index (χ0) is 14.5. The van der Waals surface area contributed by atoms with Crippen LogP contribution in [0.5, 0.6) is 0 Å². The molecule has 4 heteroatoms. The Morgan fingerprint density at radius 3 is 2.47 bits per heavy atom. The number of carbonyl (C=O) groups excluding carboxylic acids is 2. The molecule has 1 aromatic carbocycles. The second-order valence-corrected chi connectivity index (χ2v) is 4.82. The minimum absolute atomic E-state index is 0.387. The van der Waals surface area contributed by atoms with Crippen molar-refractivity contribution in [1.29, 1.82) is 0 Å². The molecule has 1 rings (SSSR count). The first-order valence-electron chi connectivity index (χ1n) is 5.75. The fraction of sp³-hybridized carbons (Fsp3) is 0.333. The van der Waals surface area contributed by atoms with Gasteiger partial charge in [-0.1, -0.05) is 12.0 Å².